The van der Waals surface area contributed by atoms with Crippen LogP contribution in [0.2, 0.25) is 0 Å². The van der Waals surface area contributed by atoms with Gasteiger partial charge in [0.15, 0.2) is 6.10 Å². The molecule has 1 aromatic carbocycles. The molecule has 0 aromatic heterocycles. The molecular weight excluding hydrogens is 268 g/mol. The predicted octanol–water partition coefficient (Wildman–Crippen LogP) is 0.356. The van der Waals surface area contributed by atoms with Crippen LogP contribution in [0.4, 0.5) is 4.79 Å². The van der Waals surface area contributed by atoms with E-state index in [1.54, 1.807) is 0 Å². The number of aromatic carboxylic acids is 1. The number of rotatable bonds is 5. The minimum atomic E-state index is -1.23. The van der Waals surface area contributed by atoms with E-state index in [-0.39, 0.29) is 11.3 Å². The minimum absolute atomic E-state index is 0.0228. The first-order chi connectivity index (χ1) is 9.35. The van der Waals surface area contributed by atoms with Gasteiger partial charge in [0.1, 0.15) is 17.1 Å². The summed E-state index contributed by atoms with van der Waals surface area (Å²) in [5.74, 6) is -1.69. The largest absolute Gasteiger partial charge is 0.497 e. The van der Waals surface area contributed by atoms with E-state index in [0.29, 0.717) is 5.75 Å². The van der Waals surface area contributed by atoms with Gasteiger partial charge in [-0.2, -0.15) is 0 Å². The smallest absolute Gasteiger partial charge is 0.339 e. The van der Waals surface area contributed by atoms with Crippen LogP contribution in [-0.4, -0.2) is 36.2 Å². The number of nitrogens with one attached hydrogen (secondary N) is 1. The lowest BCUT2D eigenvalue weighted by Gasteiger charge is -2.15. The van der Waals surface area contributed by atoms with Crippen molar-refractivity contribution in [3.8, 4) is 11.5 Å². The third-order valence-corrected chi connectivity index (χ3v) is 2.34. The summed E-state index contributed by atoms with van der Waals surface area (Å²) >= 11 is 0. The fourth-order valence-corrected chi connectivity index (χ4v) is 1.37. The standard InChI is InChI=1S/C12H14N2O6/c1-6(10(15)14-12(13)18)20-9-4-3-7(19-2)5-8(9)11(16)17/h3-6H,1-2H3,(H,16,17)(H3,13,14,15,18). The van der Waals surface area contributed by atoms with Gasteiger partial charge in [0.05, 0.1) is 7.11 Å². The zero-order valence-electron chi connectivity index (χ0n) is 10.9. The van der Waals surface area contributed by atoms with Crippen molar-refractivity contribution in [2.24, 2.45) is 5.73 Å². The van der Waals surface area contributed by atoms with E-state index >= 15 is 0 Å². The van der Waals surface area contributed by atoms with E-state index in [4.69, 9.17) is 20.3 Å². The molecule has 108 valence electrons. The molecule has 0 heterocycles. The summed E-state index contributed by atoms with van der Waals surface area (Å²) in [6.45, 7) is 1.36. The second kappa shape index (κ2) is 6.41. The van der Waals surface area contributed by atoms with Crippen LogP contribution in [0.25, 0.3) is 0 Å². The number of hydrogen-bond acceptors (Lipinski definition) is 5. The maximum absolute atomic E-state index is 11.5. The highest BCUT2D eigenvalue weighted by Gasteiger charge is 2.20. The van der Waals surface area contributed by atoms with Gasteiger partial charge in [-0.3, -0.25) is 10.1 Å². The lowest BCUT2D eigenvalue weighted by molar-refractivity contribution is -0.126. The molecule has 0 radical (unpaired) electrons. The van der Waals surface area contributed by atoms with Crippen molar-refractivity contribution in [3.05, 3.63) is 23.8 Å². The van der Waals surface area contributed by atoms with Crippen molar-refractivity contribution < 1.29 is 29.0 Å². The fourth-order valence-electron chi connectivity index (χ4n) is 1.37. The minimum Gasteiger partial charge on any atom is -0.497 e. The van der Waals surface area contributed by atoms with Crippen LogP contribution >= 0.6 is 0 Å². The summed E-state index contributed by atoms with van der Waals surface area (Å²) in [7, 11) is 1.39. The second-order valence-corrected chi connectivity index (χ2v) is 3.78. The summed E-state index contributed by atoms with van der Waals surface area (Å²) in [4.78, 5) is 33.1. The number of imide groups is 1. The van der Waals surface area contributed by atoms with Gasteiger partial charge in [0.25, 0.3) is 5.91 Å². The highest BCUT2D eigenvalue weighted by Crippen LogP contribution is 2.25. The van der Waals surface area contributed by atoms with Crippen LogP contribution in [0.15, 0.2) is 18.2 Å². The Morgan fingerprint density at radius 2 is 2.00 bits per heavy atom. The van der Waals surface area contributed by atoms with Crippen molar-refractivity contribution in [2.45, 2.75) is 13.0 Å². The summed E-state index contributed by atoms with van der Waals surface area (Å²) in [5, 5.41) is 10.9. The molecule has 4 N–H and O–H groups in total. The molecule has 3 amide bonds. The number of carbonyl (C=O) groups excluding carboxylic acids is 2. The number of nitrogens with two attached hydrogens (primary N) is 1. The van der Waals surface area contributed by atoms with Crippen LogP contribution in [0, 0.1) is 0 Å². The zero-order valence-corrected chi connectivity index (χ0v) is 10.9. The second-order valence-electron chi connectivity index (χ2n) is 3.78. The molecule has 20 heavy (non-hydrogen) atoms. The normalized spacial score (nSPS) is 11.3. The fraction of sp³-hybridized carbons (Fsp3) is 0.250. The average Bonchev–Trinajstić information content (AvgIpc) is 2.37. The number of benzene rings is 1. The first-order valence-corrected chi connectivity index (χ1v) is 5.53. The molecule has 1 atom stereocenters. The van der Waals surface area contributed by atoms with Gasteiger partial charge >= 0.3 is 12.0 Å². The van der Waals surface area contributed by atoms with Crippen LogP contribution in [0.3, 0.4) is 0 Å². The molecule has 1 rings (SSSR count). The molecule has 0 bridgehead atoms. The summed E-state index contributed by atoms with van der Waals surface area (Å²) in [5.41, 5.74) is 4.64. The number of urea groups is 1. The van der Waals surface area contributed by atoms with E-state index < -0.39 is 24.0 Å². The number of amides is 3. The van der Waals surface area contributed by atoms with E-state index in [1.165, 1.54) is 32.2 Å². The molecule has 8 heteroatoms. The molecule has 8 nitrogen and oxygen atoms in total. The van der Waals surface area contributed by atoms with E-state index in [0.717, 1.165) is 0 Å². The van der Waals surface area contributed by atoms with Crippen molar-refractivity contribution in [1.29, 1.82) is 0 Å². The Morgan fingerprint density at radius 1 is 1.35 bits per heavy atom. The molecule has 1 aromatic rings. The number of carboxylic acid groups (broad SMARTS) is 1. The Bertz CT molecular complexity index is 543. The number of primary amides is 1. The average molecular weight is 282 g/mol. The Morgan fingerprint density at radius 3 is 2.50 bits per heavy atom. The topological polar surface area (TPSA) is 128 Å². The zero-order chi connectivity index (χ0) is 15.3. The van der Waals surface area contributed by atoms with Crippen LogP contribution < -0.4 is 20.5 Å². The number of methoxy groups -OCH3 is 1. The van der Waals surface area contributed by atoms with Gasteiger partial charge in [-0.15, -0.1) is 0 Å². The number of ether oxygens (including phenoxy) is 2. The van der Waals surface area contributed by atoms with Gasteiger partial charge < -0.3 is 20.3 Å². The third kappa shape index (κ3) is 3.87. The van der Waals surface area contributed by atoms with Gasteiger partial charge in [-0.05, 0) is 25.1 Å². The highest BCUT2D eigenvalue weighted by atomic mass is 16.5. The Balaban J connectivity index is 2.94. The first kappa shape index (κ1) is 15.3. The van der Waals surface area contributed by atoms with Crippen molar-refractivity contribution >= 4 is 17.9 Å². The monoisotopic (exact) mass is 282 g/mol. The van der Waals surface area contributed by atoms with Gasteiger partial charge in [-0.25, -0.2) is 9.59 Å². The summed E-state index contributed by atoms with van der Waals surface area (Å²) < 4.78 is 10.1. The summed E-state index contributed by atoms with van der Waals surface area (Å²) in [6, 6.07) is 3.09. The van der Waals surface area contributed by atoms with Crippen molar-refractivity contribution in [2.75, 3.05) is 7.11 Å². The SMILES string of the molecule is COc1ccc(OC(C)C(=O)NC(N)=O)c(C(=O)O)c1. The maximum atomic E-state index is 11.5. The lowest BCUT2D eigenvalue weighted by atomic mass is 10.2. The molecule has 0 aliphatic rings. The van der Waals surface area contributed by atoms with Crippen LogP contribution in [0.5, 0.6) is 11.5 Å². The molecule has 0 saturated heterocycles. The molecule has 1 unspecified atom stereocenters. The van der Waals surface area contributed by atoms with Gasteiger partial charge in [-0.1, -0.05) is 0 Å². The van der Waals surface area contributed by atoms with Crippen LogP contribution in [0.1, 0.15) is 17.3 Å². The highest BCUT2D eigenvalue weighted by molar-refractivity contribution is 5.96. The Kier molecular flexibility index (Phi) is 4.90. The molecule has 0 aliphatic carbocycles. The van der Waals surface area contributed by atoms with Gasteiger partial charge in [0, 0.05) is 0 Å². The number of carboxylic acids is 1. The molecule has 0 saturated carbocycles. The number of carbonyl (C=O) groups is 3. The molecule has 0 fully saturated rings. The third-order valence-electron chi connectivity index (χ3n) is 2.34. The molecular formula is C12H14N2O6. The summed E-state index contributed by atoms with van der Waals surface area (Å²) in [6.07, 6.45) is -1.09. The Labute approximate surface area is 114 Å². The quantitative estimate of drug-likeness (QED) is 0.715. The first-order valence-electron chi connectivity index (χ1n) is 5.53. The van der Waals surface area contributed by atoms with Crippen molar-refractivity contribution in [1.82, 2.24) is 5.32 Å². The van der Waals surface area contributed by atoms with Crippen LogP contribution in [-0.2, 0) is 4.79 Å². The predicted molar refractivity (Wildman–Crippen MR) is 67.8 cm³/mol. The van der Waals surface area contributed by atoms with E-state index in [2.05, 4.69) is 0 Å². The Hall–Kier alpha value is -2.77. The van der Waals surface area contributed by atoms with Gasteiger partial charge in [0.2, 0.25) is 0 Å². The van der Waals surface area contributed by atoms with E-state index in [1.807, 2.05) is 5.32 Å². The maximum Gasteiger partial charge on any atom is 0.339 e. The van der Waals surface area contributed by atoms with E-state index in [9.17, 15) is 14.4 Å². The molecule has 0 aliphatic heterocycles. The van der Waals surface area contributed by atoms with Crippen molar-refractivity contribution in [3.63, 3.8) is 0 Å². The lowest BCUT2D eigenvalue weighted by Crippen LogP contribution is -2.42. The molecule has 0 spiro atoms. The number of hydrogen-bond donors (Lipinski definition) is 3.